The van der Waals surface area contributed by atoms with E-state index in [1.807, 2.05) is 78.4 Å². The molecule has 5 heteroatoms. The van der Waals surface area contributed by atoms with Gasteiger partial charge in [-0.1, -0.05) is 48.0 Å². The number of carboxylic acid groups (broad SMARTS) is 1. The molecule has 5 nitrogen and oxygen atoms in total. The van der Waals surface area contributed by atoms with Crippen LogP contribution in [-0.4, -0.2) is 27.5 Å². The molecule has 1 heterocycles. The highest BCUT2D eigenvalue weighted by Gasteiger charge is 2.13. The smallest absolute Gasteiger partial charge is 0.344 e. The normalized spacial score (nSPS) is 12.1. The van der Waals surface area contributed by atoms with Gasteiger partial charge in [0.2, 0.25) is 5.78 Å². The molecule has 3 rings (SSSR count). The van der Waals surface area contributed by atoms with Crippen LogP contribution in [0.25, 0.3) is 6.08 Å². The van der Waals surface area contributed by atoms with Crippen LogP contribution in [0.5, 0.6) is 5.75 Å². The molecule has 29 heavy (non-hydrogen) atoms. The molecule has 2 aromatic carbocycles. The number of aryl methyl sites for hydroxylation is 1. The van der Waals surface area contributed by atoms with Crippen LogP contribution in [0, 0.1) is 6.92 Å². The third kappa shape index (κ3) is 5.23. The molecule has 0 bridgehead atoms. The number of nitrogens with zero attached hydrogens (tertiary/aromatic N) is 1. The summed E-state index contributed by atoms with van der Waals surface area (Å²) in [5.74, 6) is -0.521. The van der Waals surface area contributed by atoms with Crippen LogP contribution in [0.15, 0.2) is 72.9 Å². The molecule has 0 amide bonds. The number of rotatable bonds is 8. The Labute approximate surface area is 169 Å². The van der Waals surface area contributed by atoms with Gasteiger partial charge < -0.3 is 14.4 Å². The molecule has 148 valence electrons. The van der Waals surface area contributed by atoms with E-state index >= 15 is 0 Å². The Kier molecular flexibility index (Phi) is 6.29. The van der Waals surface area contributed by atoms with Crippen LogP contribution >= 0.6 is 0 Å². The van der Waals surface area contributed by atoms with Crippen LogP contribution in [-0.2, 0) is 11.3 Å². The summed E-state index contributed by atoms with van der Waals surface area (Å²) in [7, 11) is 0. The van der Waals surface area contributed by atoms with Gasteiger partial charge in [0.15, 0.2) is 6.10 Å². The number of carboxylic acids is 1. The number of carbonyl (C=O) groups excluding carboxylic acids is 1. The van der Waals surface area contributed by atoms with Crippen LogP contribution < -0.4 is 4.74 Å². The topological polar surface area (TPSA) is 68.5 Å². The fourth-order valence-corrected chi connectivity index (χ4v) is 2.96. The van der Waals surface area contributed by atoms with Crippen LogP contribution in [0.4, 0.5) is 0 Å². The maximum atomic E-state index is 12.8. The number of aliphatic carboxylic acids is 1. The lowest BCUT2D eigenvalue weighted by atomic mass is 10.1. The molecule has 1 atom stereocenters. The molecule has 0 radical (unpaired) electrons. The summed E-state index contributed by atoms with van der Waals surface area (Å²) < 4.78 is 7.29. The molecule has 1 aromatic heterocycles. The van der Waals surface area contributed by atoms with Crippen molar-refractivity contribution in [2.24, 2.45) is 0 Å². The minimum absolute atomic E-state index is 0.00912. The SMILES string of the molecule is Cc1cccc(C(=O)c2cccn2C/C=C/c2cccc(OC(C)C(=O)O)c2)c1. The first-order valence-corrected chi connectivity index (χ1v) is 9.36. The van der Waals surface area contributed by atoms with Crippen molar-refractivity contribution in [3.63, 3.8) is 0 Å². The van der Waals surface area contributed by atoms with Gasteiger partial charge in [-0.3, -0.25) is 4.79 Å². The molecule has 3 aromatic rings. The number of hydrogen-bond donors (Lipinski definition) is 1. The van der Waals surface area contributed by atoms with E-state index in [1.165, 1.54) is 6.92 Å². The molecule has 0 spiro atoms. The highest BCUT2D eigenvalue weighted by atomic mass is 16.5. The molecule has 1 unspecified atom stereocenters. The first-order valence-electron chi connectivity index (χ1n) is 9.36. The van der Waals surface area contributed by atoms with Gasteiger partial charge in [0.1, 0.15) is 5.75 Å². The number of allylic oxidation sites excluding steroid dienone is 1. The molecule has 0 saturated carbocycles. The fourth-order valence-electron chi connectivity index (χ4n) is 2.96. The predicted molar refractivity (Wildman–Crippen MR) is 112 cm³/mol. The van der Waals surface area contributed by atoms with Crippen LogP contribution in [0.3, 0.4) is 0 Å². The second kappa shape index (κ2) is 9.06. The Hall–Kier alpha value is -3.60. The molecule has 0 aliphatic heterocycles. The molecular weight excluding hydrogens is 366 g/mol. The number of ketones is 1. The monoisotopic (exact) mass is 389 g/mol. The Bertz CT molecular complexity index is 1050. The third-order valence-electron chi connectivity index (χ3n) is 4.47. The standard InChI is InChI=1S/C24H23NO4/c1-17-7-3-10-20(15-17)23(26)22-12-6-14-25(22)13-5-9-19-8-4-11-21(16-19)29-18(2)24(27)28/h3-12,14-16,18H,13H2,1-2H3,(H,27,28)/b9-5+. The van der Waals surface area contributed by atoms with Gasteiger partial charge in [0.25, 0.3) is 0 Å². The summed E-state index contributed by atoms with van der Waals surface area (Å²) >= 11 is 0. The lowest BCUT2D eigenvalue weighted by molar-refractivity contribution is -0.144. The average Bonchev–Trinajstić information content (AvgIpc) is 3.16. The number of ether oxygens (including phenoxy) is 1. The average molecular weight is 389 g/mol. The summed E-state index contributed by atoms with van der Waals surface area (Å²) in [5.41, 5.74) is 3.24. The highest BCUT2D eigenvalue weighted by Crippen LogP contribution is 2.17. The van der Waals surface area contributed by atoms with Crippen molar-refractivity contribution in [2.75, 3.05) is 0 Å². The van der Waals surface area contributed by atoms with Crippen molar-refractivity contribution < 1.29 is 19.4 Å². The first-order chi connectivity index (χ1) is 13.9. The summed E-state index contributed by atoms with van der Waals surface area (Å²) in [6, 6.07) is 18.5. The minimum Gasteiger partial charge on any atom is -0.479 e. The Balaban J connectivity index is 1.70. The second-order valence-electron chi connectivity index (χ2n) is 6.82. The number of hydrogen-bond acceptors (Lipinski definition) is 3. The predicted octanol–water partition coefficient (Wildman–Crippen LogP) is 4.59. The number of benzene rings is 2. The Morgan fingerprint density at radius 1 is 1.10 bits per heavy atom. The van der Waals surface area contributed by atoms with E-state index in [-0.39, 0.29) is 5.78 Å². The zero-order valence-electron chi connectivity index (χ0n) is 16.4. The molecule has 1 N–H and O–H groups in total. The van der Waals surface area contributed by atoms with E-state index in [1.54, 1.807) is 12.1 Å². The quantitative estimate of drug-likeness (QED) is 0.572. The Morgan fingerprint density at radius 2 is 1.90 bits per heavy atom. The van der Waals surface area contributed by atoms with E-state index in [0.717, 1.165) is 11.1 Å². The number of aromatic nitrogens is 1. The van der Waals surface area contributed by atoms with Gasteiger partial charge in [-0.2, -0.15) is 0 Å². The van der Waals surface area contributed by atoms with Crippen molar-refractivity contribution in [1.82, 2.24) is 4.57 Å². The van der Waals surface area contributed by atoms with Crippen LogP contribution in [0.2, 0.25) is 0 Å². The first kappa shape index (κ1) is 20.1. The van der Waals surface area contributed by atoms with Crippen molar-refractivity contribution >= 4 is 17.8 Å². The molecule has 0 saturated heterocycles. The Morgan fingerprint density at radius 3 is 2.66 bits per heavy atom. The van der Waals surface area contributed by atoms with Crippen molar-refractivity contribution in [3.8, 4) is 5.75 Å². The van der Waals surface area contributed by atoms with E-state index in [9.17, 15) is 9.59 Å². The third-order valence-corrected chi connectivity index (χ3v) is 4.47. The summed E-state index contributed by atoms with van der Waals surface area (Å²) in [6.45, 7) is 3.99. The molecule has 0 fully saturated rings. The van der Waals surface area contributed by atoms with Crippen molar-refractivity contribution in [1.29, 1.82) is 0 Å². The van der Waals surface area contributed by atoms with E-state index < -0.39 is 12.1 Å². The van der Waals surface area contributed by atoms with Gasteiger partial charge in [-0.15, -0.1) is 0 Å². The van der Waals surface area contributed by atoms with E-state index in [2.05, 4.69) is 0 Å². The van der Waals surface area contributed by atoms with Gasteiger partial charge >= 0.3 is 5.97 Å². The zero-order valence-corrected chi connectivity index (χ0v) is 16.4. The maximum Gasteiger partial charge on any atom is 0.344 e. The zero-order chi connectivity index (χ0) is 20.8. The van der Waals surface area contributed by atoms with Crippen LogP contribution in [0.1, 0.15) is 34.1 Å². The van der Waals surface area contributed by atoms with Gasteiger partial charge in [0, 0.05) is 18.3 Å². The van der Waals surface area contributed by atoms with Gasteiger partial charge in [0.05, 0.1) is 5.69 Å². The largest absolute Gasteiger partial charge is 0.479 e. The highest BCUT2D eigenvalue weighted by molar-refractivity contribution is 6.08. The lowest BCUT2D eigenvalue weighted by Crippen LogP contribution is -2.22. The van der Waals surface area contributed by atoms with Crippen molar-refractivity contribution in [2.45, 2.75) is 26.5 Å². The number of carbonyl (C=O) groups is 2. The van der Waals surface area contributed by atoms with E-state index in [0.29, 0.717) is 23.6 Å². The van der Waals surface area contributed by atoms with Crippen molar-refractivity contribution in [3.05, 3.63) is 95.3 Å². The van der Waals surface area contributed by atoms with Gasteiger partial charge in [-0.05, 0) is 49.7 Å². The summed E-state index contributed by atoms with van der Waals surface area (Å²) in [6.07, 6.45) is 4.83. The minimum atomic E-state index is -1.01. The maximum absolute atomic E-state index is 12.8. The molecule has 0 aliphatic carbocycles. The van der Waals surface area contributed by atoms with Gasteiger partial charge in [-0.25, -0.2) is 4.79 Å². The fraction of sp³-hybridized carbons (Fsp3) is 0.167. The lowest BCUT2D eigenvalue weighted by Gasteiger charge is -2.10. The summed E-state index contributed by atoms with van der Waals surface area (Å²) in [4.78, 5) is 23.7. The molecule has 0 aliphatic rings. The molecular formula is C24H23NO4. The van der Waals surface area contributed by atoms with E-state index in [4.69, 9.17) is 9.84 Å². The summed E-state index contributed by atoms with van der Waals surface area (Å²) in [5, 5.41) is 8.96. The second-order valence-corrected chi connectivity index (χ2v) is 6.82.